The van der Waals surface area contributed by atoms with E-state index in [1.54, 1.807) is 30.3 Å². The molecule has 1 aromatic heterocycles. The van der Waals surface area contributed by atoms with Crippen LogP contribution in [0.15, 0.2) is 47.9 Å². The molecule has 0 radical (unpaired) electrons. The van der Waals surface area contributed by atoms with Crippen molar-refractivity contribution in [1.29, 1.82) is 0 Å². The molecule has 0 aliphatic heterocycles. The summed E-state index contributed by atoms with van der Waals surface area (Å²) in [6, 6.07) is 8.40. The topological polar surface area (TPSA) is 64.8 Å². The smallest absolute Gasteiger partial charge is 0.180 e. The van der Waals surface area contributed by atoms with Gasteiger partial charge in [-0.2, -0.15) is 5.10 Å². The van der Waals surface area contributed by atoms with Crippen LogP contribution >= 0.6 is 0 Å². The first-order valence-corrected chi connectivity index (χ1v) is 6.44. The molecule has 0 unspecified atom stereocenters. The van der Waals surface area contributed by atoms with E-state index in [0.717, 1.165) is 0 Å². The van der Waals surface area contributed by atoms with E-state index in [1.807, 2.05) is 0 Å². The Morgan fingerprint density at radius 1 is 1.19 bits per heavy atom. The summed E-state index contributed by atoms with van der Waals surface area (Å²) < 4.78 is 25.2. The second kappa shape index (κ2) is 4.44. The van der Waals surface area contributed by atoms with Crippen LogP contribution in [-0.2, 0) is 16.4 Å². The summed E-state index contributed by atoms with van der Waals surface area (Å²) in [7, 11) is -3.22. The van der Waals surface area contributed by atoms with Crippen LogP contribution in [0.4, 0.5) is 0 Å². The lowest BCUT2D eigenvalue weighted by atomic mass is 10.4. The molecule has 0 atom stereocenters. The molecule has 5 nitrogen and oxygen atoms in total. The van der Waals surface area contributed by atoms with Gasteiger partial charge in [-0.05, 0) is 12.1 Å². The van der Waals surface area contributed by atoms with Gasteiger partial charge in [0.2, 0.25) is 0 Å². The van der Waals surface area contributed by atoms with Gasteiger partial charge in [-0.15, -0.1) is 0 Å². The molecule has 0 fully saturated rings. The van der Waals surface area contributed by atoms with Gasteiger partial charge < -0.3 is 0 Å². The fourth-order valence-corrected chi connectivity index (χ4v) is 2.54. The molecular formula is C10H11N3O2S. The predicted molar refractivity (Wildman–Crippen MR) is 58.5 cm³/mol. The molecule has 1 aromatic carbocycles. The van der Waals surface area contributed by atoms with Gasteiger partial charge in [-0.3, -0.25) is 4.68 Å². The summed E-state index contributed by atoms with van der Waals surface area (Å²) in [5.41, 5.74) is 0. The molecule has 2 aromatic rings. The van der Waals surface area contributed by atoms with Crippen LogP contribution < -0.4 is 0 Å². The van der Waals surface area contributed by atoms with E-state index in [4.69, 9.17) is 0 Å². The first-order valence-electron chi connectivity index (χ1n) is 4.79. The van der Waals surface area contributed by atoms with E-state index >= 15 is 0 Å². The highest BCUT2D eigenvalue weighted by atomic mass is 32.2. The number of aryl methyl sites for hydroxylation is 1. The predicted octanol–water partition coefficient (Wildman–Crippen LogP) is 0.752. The second-order valence-electron chi connectivity index (χ2n) is 3.29. The third kappa shape index (κ3) is 2.46. The standard InChI is InChI=1S/C10H11N3O2S/c14-16(15,10-4-2-1-3-5-10)7-6-13-9-11-8-12-13/h1-5,8-9H,6-7H2. The maximum atomic E-state index is 11.9. The fourth-order valence-electron chi connectivity index (χ4n) is 1.31. The highest BCUT2D eigenvalue weighted by Crippen LogP contribution is 2.10. The number of benzene rings is 1. The first kappa shape index (κ1) is 10.8. The molecule has 2 rings (SSSR count). The maximum Gasteiger partial charge on any atom is 0.180 e. The molecule has 0 saturated heterocycles. The lowest BCUT2D eigenvalue weighted by Gasteiger charge is -2.03. The zero-order valence-electron chi connectivity index (χ0n) is 8.52. The molecule has 0 spiro atoms. The minimum Gasteiger partial charge on any atom is -0.252 e. The fraction of sp³-hybridized carbons (Fsp3) is 0.200. The monoisotopic (exact) mass is 237 g/mol. The van der Waals surface area contributed by atoms with Gasteiger partial charge in [0.1, 0.15) is 12.7 Å². The molecule has 0 N–H and O–H groups in total. The van der Waals surface area contributed by atoms with Crippen LogP contribution in [0, 0.1) is 0 Å². The summed E-state index contributed by atoms with van der Waals surface area (Å²) in [6.07, 6.45) is 2.88. The Bertz CT molecular complexity index is 535. The quantitative estimate of drug-likeness (QED) is 0.787. The molecule has 0 saturated carbocycles. The summed E-state index contributed by atoms with van der Waals surface area (Å²) in [4.78, 5) is 4.10. The van der Waals surface area contributed by atoms with Crippen molar-refractivity contribution in [3.8, 4) is 0 Å². The van der Waals surface area contributed by atoms with Gasteiger partial charge in [-0.25, -0.2) is 13.4 Å². The number of aromatic nitrogens is 3. The van der Waals surface area contributed by atoms with Crippen molar-refractivity contribution in [2.75, 3.05) is 5.75 Å². The van der Waals surface area contributed by atoms with Gasteiger partial charge in [-0.1, -0.05) is 18.2 Å². The van der Waals surface area contributed by atoms with Crippen LogP contribution in [-0.4, -0.2) is 28.9 Å². The maximum absolute atomic E-state index is 11.9. The molecule has 0 aliphatic rings. The van der Waals surface area contributed by atoms with Crippen molar-refractivity contribution in [2.45, 2.75) is 11.4 Å². The van der Waals surface area contributed by atoms with Crippen molar-refractivity contribution in [3.05, 3.63) is 43.0 Å². The molecule has 1 heterocycles. The van der Waals surface area contributed by atoms with Crippen molar-refractivity contribution in [2.24, 2.45) is 0 Å². The van der Waals surface area contributed by atoms with Crippen LogP contribution in [0.3, 0.4) is 0 Å². The minimum atomic E-state index is -3.22. The molecule has 0 amide bonds. The minimum absolute atomic E-state index is 0.0281. The lowest BCUT2D eigenvalue weighted by molar-refractivity contribution is 0.580. The first-order chi connectivity index (χ1) is 7.68. The highest BCUT2D eigenvalue weighted by Gasteiger charge is 2.13. The summed E-state index contributed by atoms with van der Waals surface area (Å²) in [5, 5.41) is 3.85. The Balaban J connectivity index is 2.10. The van der Waals surface area contributed by atoms with E-state index < -0.39 is 9.84 Å². The third-order valence-electron chi connectivity index (χ3n) is 2.16. The van der Waals surface area contributed by atoms with Crippen LogP contribution in [0.1, 0.15) is 0 Å². The summed E-state index contributed by atoms with van der Waals surface area (Å²) >= 11 is 0. The summed E-state index contributed by atoms with van der Waals surface area (Å²) in [5.74, 6) is 0.0281. The van der Waals surface area contributed by atoms with Crippen molar-refractivity contribution in [3.63, 3.8) is 0 Å². The molecule has 84 valence electrons. The zero-order chi connectivity index (χ0) is 11.4. The van der Waals surface area contributed by atoms with Crippen LogP contribution in [0.25, 0.3) is 0 Å². The van der Waals surface area contributed by atoms with Gasteiger partial charge >= 0.3 is 0 Å². The molecule has 6 heteroatoms. The van der Waals surface area contributed by atoms with Gasteiger partial charge in [0.25, 0.3) is 0 Å². The van der Waals surface area contributed by atoms with E-state index in [1.165, 1.54) is 17.3 Å². The van der Waals surface area contributed by atoms with Gasteiger partial charge in [0.15, 0.2) is 9.84 Å². The molecule has 0 aliphatic carbocycles. The van der Waals surface area contributed by atoms with Crippen molar-refractivity contribution >= 4 is 9.84 Å². The average molecular weight is 237 g/mol. The van der Waals surface area contributed by atoms with E-state index in [-0.39, 0.29) is 5.75 Å². The number of sulfone groups is 1. The Labute approximate surface area is 93.7 Å². The SMILES string of the molecule is O=S(=O)(CCn1cncn1)c1ccccc1. The highest BCUT2D eigenvalue weighted by molar-refractivity contribution is 7.91. The van der Waals surface area contributed by atoms with Crippen LogP contribution in [0.2, 0.25) is 0 Å². The van der Waals surface area contributed by atoms with E-state index in [9.17, 15) is 8.42 Å². The van der Waals surface area contributed by atoms with Crippen molar-refractivity contribution in [1.82, 2.24) is 14.8 Å². The molecular weight excluding hydrogens is 226 g/mol. The Morgan fingerprint density at radius 2 is 1.94 bits per heavy atom. The van der Waals surface area contributed by atoms with Crippen LogP contribution in [0.5, 0.6) is 0 Å². The Hall–Kier alpha value is -1.69. The largest absolute Gasteiger partial charge is 0.252 e. The number of hydrogen-bond acceptors (Lipinski definition) is 4. The van der Waals surface area contributed by atoms with Crippen molar-refractivity contribution < 1.29 is 8.42 Å². The van der Waals surface area contributed by atoms with Gasteiger partial charge in [0, 0.05) is 0 Å². The number of hydrogen-bond donors (Lipinski definition) is 0. The molecule has 16 heavy (non-hydrogen) atoms. The molecule has 0 bridgehead atoms. The van der Waals surface area contributed by atoms with E-state index in [0.29, 0.717) is 11.4 Å². The number of rotatable bonds is 4. The van der Waals surface area contributed by atoms with Gasteiger partial charge in [0.05, 0.1) is 17.2 Å². The third-order valence-corrected chi connectivity index (χ3v) is 3.87. The zero-order valence-corrected chi connectivity index (χ0v) is 9.34. The Morgan fingerprint density at radius 3 is 2.56 bits per heavy atom. The second-order valence-corrected chi connectivity index (χ2v) is 5.40. The Kier molecular flexibility index (Phi) is 3.00. The number of nitrogens with zero attached hydrogens (tertiary/aromatic N) is 3. The lowest BCUT2D eigenvalue weighted by Crippen LogP contribution is -2.13. The average Bonchev–Trinajstić information content (AvgIpc) is 2.81. The normalized spacial score (nSPS) is 11.5. The summed E-state index contributed by atoms with van der Waals surface area (Å²) in [6.45, 7) is 0.317. The van der Waals surface area contributed by atoms with E-state index in [2.05, 4.69) is 10.1 Å².